The molecular formula is C27H23BN2P+. The van der Waals surface area contributed by atoms with Crippen LogP contribution in [0.4, 0.5) is 11.4 Å². The maximum Gasteiger partial charge on any atom is 0.333 e. The highest BCUT2D eigenvalue weighted by Crippen LogP contribution is 2.55. The highest BCUT2D eigenvalue weighted by atomic mass is 31.1. The number of nitrogens with zero attached hydrogens (tertiary/aromatic N) is 2. The number of fused-ring (bicyclic) bond motifs is 5. The molecule has 0 amide bonds. The van der Waals surface area contributed by atoms with Crippen molar-refractivity contribution in [3.63, 3.8) is 0 Å². The summed E-state index contributed by atoms with van der Waals surface area (Å²) in [4.78, 5) is 2.67. The van der Waals surface area contributed by atoms with E-state index in [1.807, 2.05) is 0 Å². The van der Waals surface area contributed by atoms with Crippen LogP contribution in [0.2, 0.25) is 0 Å². The summed E-state index contributed by atoms with van der Waals surface area (Å²) in [7, 11) is -0.529. The third-order valence-corrected chi connectivity index (χ3v) is 9.81. The molecule has 3 aromatic carbocycles. The topological polar surface area (TPSA) is 7.12 Å². The van der Waals surface area contributed by atoms with E-state index in [1.165, 1.54) is 49.8 Å². The van der Waals surface area contributed by atoms with Crippen molar-refractivity contribution in [2.75, 3.05) is 4.81 Å². The first kappa shape index (κ1) is 17.8. The monoisotopic (exact) mass is 417 g/mol. The van der Waals surface area contributed by atoms with Crippen molar-refractivity contribution >= 4 is 41.8 Å². The van der Waals surface area contributed by atoms with Gasteiger partial charge in [0.2, 0.25) is 5.69 Å². The molecule has 1 aromatic heterocycles. The van der Waals surface area contributed by atoms with Crippen LogP contribution in [0.5, 0.6) is 0 Å². The minimum absolute atomic E-state index is 0.353. The summed E-state index contributed by atoms with van der Waals surface area (Å²) in [5.41, 5.74) is 10.0. The number of hydrogen-bond acceptors (Lipinski definition) is 1. The number of anilines is 2. The van der Waals surface area contributed by atoms with Gasteiger partial charge in [-0.3, -0.25) is 0 Å². The molecule has 0 N–H and O–H groups in total. The molecule has 4 heterocycles. The minimum atomic E-state index is -0.529. The van der Waals surface area contributed by atoms with Gasteiger partial charge in [-0.15, -0.1) is 0 Å². The number of aromatic nitrogens is 1. The van der Waals surface area contributed by atoms with Crippen molar-refractivity contribution in [3.8, 4) is 11.3 Å². The Balaban J connectivity index is 1.57. The maximum atomic E-state index is 2.67. The molecule has 0 bridgehead atoms. The van der Waals surface area contributed by atoms with Crippen LogP contribution in [0.1, 0.15) is 30.9 Å². The number of hydrogen-bond donors (Lipinski definition) is 0. The van der Waals surface area contributed by atoms with Gasteiger partial charge in [0, 0.05) is 17.3 Å². The van der Waals surface area contributed by atoms with E-state index in [0.29, 0.717) is 12.5 Å². The van der Waals surface area contributed by atoms with E-state index < -0.39 is 7.80 Å². The van der Waals surface area contributed by atoms with Gasteiger partial charge >= 0.3 is 6.57 Å². The SMILES string of the molecule is CC(C)c1ccc2c(c1)N1B(c3cccc4c3-c3c1ccc[n+]3C4)P2c1ccccc1. The van der Waals surface area contributed by atoms with Crippen molar-refractivity contribution in [1.29, 1.82) is 0 Å². The molecule has 4 heteroatoms. The Labute approximate surface area is 185 Å². The molecule has 3 aliphatic rings. The number of pyridine rings is 1. The fourth-order valence-electron chi connectivity index (χ4n) is 5.66. The predicted molar refractivity (Wildman–Crippen MR) is 132 cm³/mol. The van der Waals surface area contributed by atoms with Gasteiger partial charge in [0.05, 0.1) is 5.56 Å². The molecule has 4 aromatic rings. The van der Waals surface area contributed by atoms with Crippen molar-refractivity contribution in [2.24, 2.45) is 0 Å². The van der Waals surface area contributed by atoms with Gasteiger partial charge in [-0.1, -0.05) is 74.5 Å². The Bertz CT molecular complexity index is 1370. The van der Waals surface area contributed by atoms with Gasteiger partial charge in [0.25, 0.3) is 0 Å². The van der Waals surface area contributed by atoms with Crippen LogP contribution < -0.4 is 25.4 Å². The average molecular weight is 417 g/mol. The summed E-state index contributed by atoms with van der Waals surface area (Å²) in [5, 5.41) is 2.97. The van der Waals surface area contributed by atoms with E-state index >= 15 is 0 Å². The largest absolute Gasteiger partial charge is 0.371 e. The molecule has 7 rings (SSSR count). The molecule has 1 atom stereocenters. The summed E-state index contributed by atoms with van der Waals surface area (Å²) in [6.45, 7) is 5.92. The zero-order valence-electron chi connectivity index (χ0n) is 17.8. The van der Waals surface area contributed by atoms with E-state index in [4.69, 9.17) is 0 Å². The smallest absolute Gasteiger partial charge is 0.333 e. The van der Waals surface area contributed by atoms with Crippen LogP contribution in [0.15, 0.2) is 85.1 Å². The van der Waals surface area contributed by atoms with E-state index in [9.17, 15) is 0 Å². The number of benzene rings is 3. The molecule has 31 heavy (non-hydrogen) atoms. The molecule has 0 saturated heterocycles. The van der Waals surface area contributed by atoms with Crippen LogP contribution in [-0.4, -0.2) is 6.57 Å². The second-order valence-electron chi connectivity index (χ2n) is 9.10. The molecule has 0 saturated carbocycles. The summed E-state index contributed by atoms with van der Waals surface area (Å²) in [6.07, 6.45) is 2.24. The van der Waals surface area contributed by atoms with Crippen molar-refractivity contribution < 1.29 is 4.57 Å². The van der Waals surface area contributed by atoms with Crippen LogP contribution >= 0.6 is 7.80 Å². The first-order valence-corrected chi connectivity index (χ1v) is 12.6. The van der Waals surface area contributed by atoms with Gasteiger partial charge in [-0.2, -0.15) is 4.57 Å². The minimum Gasteiger partial charge on any atom is -0.371 e. The Hall–Kier alpha value is -2.90. The lowest BCUT2D eigenvalue weighted by Gasteiger charge is -2.33. The highest BCUT2D eigenvalue weighted by Gasteiger charge is 2.52. The molecular weight excluding hydrogens is 394 g/mol. The summed E-state index contributed by atoms with van der Waals surface area (Å²) in [6, 6.07) is 30.0. The van der Waals surface area contributed by atoms with Gasteiger partial charge in [-0.05, 0) is 47.5 Å². The second kappa shape index (κ2) is 6.31. The summed E-state index contributed by atoms with van der Waals surface area (Å²) >= 11 is 0. The van der Waals surface area contributed by atoms with Crippen LogP contribution in [0.25, 0.3) is 11.3 Å². The second-order valence-corrected chi connectivity index (χ2v) is 11.3. The first-order valence-electron chi connectivity index (χ1n) is 11.1. The zero-order valence-corrected chi connectivity index (χ0v) is 18.7. The quantitative estimate of drug-likeness (QED) is 0.234. The Morgan fingerprint density at radius 2 is 1.77 bits per heavy atom. The summed E-state index contributed by atoms with van der Waals surface area (Å²) in [5.74, 6) is 0.520. The Morgan fingerprint density at radius 1 is 0.903 bits per heavy atom. The van der Waals surface area contributed by atoms with Crippen LogP contribution in [-0.2, 0) is 6.54 Å². The Kier molecular flexibility index (Phi) is 3.61. The van der Waals surface area contributed by atoms with E-state index in [-0.39, 0.29) is 0 Å². The third kappa shape index (κ3) is 2.30. The van der Waals surface area contributed by atoms with Crippen molar-refractivity contribution in [3.05, 3.63) is 96.2 Å². The first-order chi connectivity index (χ1) is 15.2. The van der Waals surface area contributed by atoms with E-state index in [0.717, 1.165) is 6.54 Å². The highest BCUT2D eigenvalue weighted by molar-refractivity contribution is 8.04. The lowest BCUT2D eigenvalue weighted by Crippen LogP contribution is -2.48. The number of rotatable bonds is 2. The molecule has 0 aliphatic carbocycles. The maximum absolute atomic E-state index is 2.67. The third-order valence-electron chi connectivity index (χ3n) is 7.06. The van der Waals surface area contributed by atoms with Gasteiger partial charge in [0.15, 0.2) is 12.7 Å². The molecule has 1 unspecified atom stereocenters. The standard InChI is InChI=1S/C27H23BN2P/c1-18(2)19-13-14-25-24(16-19)30-23-12-7-15-29-17-20-8-6-11-22(26(20)27(23)29)28(30)31(25)21-9-4-3-5-10-21/h3-16,18H,17H2,1-2H3/q+1. The normalized spacial score (nSPS) is 17.1. The molecule has 3 aliphatic heterocycles. The molecule has 0 spiro atoms. The van der Waals surface area contributed by atoms with Crippen LogP contribution in [0, 0.1) is 0 Å². The van der Waals surface area contributed by atoms with Crippen LogP contribution in [0.3, 0.4) is 0 Å². The fourth-order valence-corrected chi connectivity index (χ4v) is 8.60. The van der Waals surface area contributed by atoms with Crippen molar-refractivity contribution in [1.82, 2.24) is 0 Å². The Morgan fingerprint density at radius 3 is 2.61 bits per heavy atom. The lowest BCUT2D eigenvalue weighted by molar-refractivity contribution is -0.671. The lowest BCUT2D eigenvalue weighted by atomic mass is 9.70. The molecule has 0 radical (unpaired) electrons. The van der Waals surface area contributed by atoms with Gasteiger partial charge in [-0.25, -0.2) is 0 Å². The van der Waals surface area contributed by atoms with E-state index in [2.05, 4.69) is 108 Å². The zero-order chi connectivity index (χ0) is 20.7. The van der Waals surface area contributed by atoms with Crippen molar-refractivity contribution in [2.45, 2.75) is 26.3 Å². The molecule has 2 nitrogen and oxygen atoms in total. The van der Waals surface area contributed by atoms with Gasteiger partial charge < -0.3 is 4.81 Å². The molecule has 148 valence electrons. The fraction of sp³-hybridized carbons (Fsp3) is 0.148. The predicted octanol–water partition coefficient (Wildman–Crippen LogP) is 4.42. The molecule has 0 fully saturated rings. The average Bonchev–Trinajstić information content (AvgIpc) is 3.35. The van der Waals surface area contributed by atoms with Gasteiger partial charge in [0.1, 0.15) is 5.69 Å². The summed E-state index contributed by atoms with van der Waals surface area (Å²) < 4.78 is 2.44. The van der Waals surface area contributed by atoms with E-state index in [1.54, 1.807) is 0 Å².